The van der Waals surface area contributed by atoms with Crippen LogP contribution in [0.5, 0.6) is 0 Å². The standard InChI is InChI=1S/C18H22N2O3/c1-2-10-20-14-7-4-3-6-13(14)11-15(20)17(23)19-18(8-5-9-18)12-16(21)22/h3-4,6-7,11H,2,5,8-10,12H2,1H3,(H,19,23)(H,21,22). The topological polar surface area (TPSA) is 71.3 Å². The molecule has 23 heavy (non-hydrogen) atoms. The summed E-state index contributed by atoms with van der Waals surface area (Å²) in [4.78, 5) is 23.9. The first-order valence-electron chi connectivity index (χ1n) is 8.17. The van der Waals surface area contributed by atoms with Crippen LogP contribution in [0.4, 0.5) is 0 Å². The number of aromatic nitrogens is 1. The van der Waals surface area contributed by atoms with Gasteiger partial charge in [-0.2, -0.15) is 0 Å². The van der Waals surface area contributed by atoms with Gasteiger partial charge in [0.25, 0.3) is 5.91 Å². The number of amides is 1. The van der Waals surface area contributed by atoms with Gasteiger partial charge in [0, 0.05) is 17.4 Å². The number of benzene rings is 1. The lowest BCUT2D eigenvalue weighted by Gasteiger charge is -2.41. The number of rotatable bonds is 6. The van der Waals surface area contributed by atoms with Crippen molar-refractivity contribution in [1.29, 1.82) is 0 Å². The van der Waals surface area contributed by atoms with E-state index in [0.717, 1.165) is 43.1 Å². The molecule has 1 heterocycles. The molecule has 0 bridgehead atoms. The number of carboxylic acids is 1. The molecular weight excluding hydrogens is 292 g/mol. The van der Waals surface area contributed by atoms with Crippen LogP contribution in [0.2, 0.25) is 0 Å². The molecule has 1 aromatic carbocycles. The molecule has 3 rings (SSSR count). The van der Waals surface area contributed by atoms with Gasteiger partial charge in [0.2, 0.25) is 0 Å². The van der Waals surface area contributed by atoms with Gasteiger partial charge in [0.1, 0.15) is 5.69 Å². The van der Waals surface area contributed by atoms with Crippen molar-refractivity contribution in [3.05, 3.63) is 36.0 Å². The average Bonchev–Trinajstić information content (AvgIpc) is 2.84. The van der Waals surface area contributed by atoms with Crippen LogP contribution in [0.1, 0.15) is 49.5 Å². The zero-order chi connectivity index (χ0) is 16.4. The number of hydrogen-bond acceptors (Lipinski definition) is 2. The molecule has 2 N–H and O–H groups in total. The number of aryl methyl sites for hydroxylation is 1. The maximum atomic E-state index is 12.8. The molecule has 122 valence electrons. The molecule has 1 aliphatic carbocycles. The van der Waals surface area contributed by atoms with Crippen LogP contribution in [-0.2, 0) is 11.3 Å². The van der Waals surface area contributed by atoms with Crippen LogP contribution >= 0.6 is 0 Å². The Morgan fingerprint density at radius 1 is 1.30 bits per heavy atom. The fourth-order valence-corrected chi connectivity index (χ4v) is 3.41. The number of hydrogen-bond donors (Lipinski definition) is 2. The predicted octanol–water partition coefficient (Wildman–Crippen LogP) is 3.18. The highest BCUT2D eigenvalue weighted by Crippen LogP contribution is 2.35. The molecule has 5 heteroatoms. The van der Waals surface area contributed by atoms with Crippen molar-refractivity contribution in [2.75, 3.05) is 0 Å². The van der Waals surface area contributed by atoms with E-state index in [4.69, 9.17) is 5.11 Å². The van der Waals surface area contributed by atoms with E-state index in [1.165, 1.54) is 0 Å². The van der Waals surface area contributed by atoms with Crippen molar-refractivity contribution >= 4 is 22.8 Å². The lowest BCUT2D eigenvalue weighted by Crippen LogP contribution is -2.55. The summed E-state index contributed by atoms with van der Waals surface area (Å²) in [6.07, 6.45) is 3.36. The number of para-hydroxylation sites is 1. The van der Waals surface area contributed by atoms with Crippen LogP contribution in [-0.4, -0.2) is 27.1 Å². The molecule has 1 amide bonds. The molecule has 0 atom stereocenters. The third-order valence-corrected chi connectivity index (χ3v) is 4.67. The van der Waals surface area contributed by atoms with Gasteiger partial charge in [-0.1, -0.05) is 25.1 Å². The molecule has 0 radical (unpaired) electrons. The summed E-state index contributed by atoms with van der Waals surface area (Å²) in [6, 6.07) is 9.83. The van der Waals surface area contributed by atoms with Crippen LogP contribution in [0.25, 0.3) is 10.9 Å². The minimum absolute atomic E-state index is 0.00720. The van der Waals surface area contributed by atoms with Gasteiger partial charge in [-0.05, 0) is 37.8 Å². The Labute approximate surface area is 135 Å². The van der Waals surface area contributed by atoms with E-state index in [9.17, 15) is 9.59 Å². The monoisotopic (exact) mass is 314 g/mol. The molecule has 0 spiro atoms. The van der Waals surface area contributed by atoms with Gasteiger partial charge < -0.3 is 15.0 Å². The molecule has 0 aliphatic heterocycles. The predicted molar refractivity (Wildman–Crippen MR) is 88.5 cm³/mol. The van der Waals surface area contributed by atoms with Gasteiger partial charge >= 0.3 is 5.97 Å². The zero-order valence-electron chi connectivity index (χ0n) is 13.3. The normalized spacial score (nSPS) is 16.0. The first-order valence-corrected chi connectivity index (χ1v) is 8.17. The second-order valence-electron chi connectivity index (χ2n) is 6.40. The summed E-state index contributed by atoms with van der Waals surface area (Å²) in [7, 11) is 0. The molecule has 5 nitrogen and oxygen atoms in total. The molecular formula is C18H22N2O3. The Morgan fingerprint density at radius 3 is 2.65 bits per heavy atom. The fraction of sp³-hybridized carbons (Fsp3) is 0.444. The SMILES string of the molecule is CCCn1c(C(=O)NC2(CC(=O)O)CCC2)cc2ccccc21. The van der Waals surface area contributed by atoms with E-state index in [2.05, 4.69) is 12.2 Å². The lowest BCUT2D eigenvalue weighted by atomic mass is 9.74. The van der Waals surface area contributed by atoms with Gasteiger partial charge in [0.15, 0.2) is 0 Å². The van der Waals surface area contributed by atoms with Crippen molar-refractivity contribution in [3.63, 3.8) is 0 Å². The number of aliphatic carboxylic acids is 1. The molecule has 1 fully saturated rings. The summed E-state index contributed by atoms with van der Waals surface area (Å²) < 4.78 is 2.03. The molecule has 1 saturated carbocycles. The van der Waals surface area contributed by atoms with Gasteiger partial charge in [-0.25, -0.2) is 0 Å². The maximum Gasteiger partial charge on any atom is 0.305 e. The van der Waals surface area contributed by atoms with E-state index in [0.29, 0.717) is 5.69 Å². The smallest absolute Gasteiger partial charge is 0.305 e. The first kappa shape index (κ1) is 15.6. The zero-order valence-corrected chi connectivity index (χ0v) is 13.3. The van der Waals surface area contributed by atoms with Crippen LogP contribution in [0.15, 0.2) is 30.3 Å². The van der Waals surface area contributed by atoms with E-state index >= 15 is 0 Å². The van der Waals surface area contributed by atoms with Crippen molar-refractivity contribution in [3.8, 4) is 0 Å². The summed E-state index contributed by atoms with van der Waals surface area (Å²) in [5, 5.41) is 13.1. The molecule has 1 aliphatic rings. The maximum absolute atomic E-state index is 12.8. The van der Waals surface area contributed by atoms with Crippen molar-refractivity contribution < 1.29 is 14.7 Å². The number of nitrogens with one attached hydrogen (secondary N) is 1. The second-order valence-corrected chi connectivity index (χ2v) is 6.40. The number of nitrogens with zero attached hydrogens (tertiary/aromatic N) is 1. The Balaban J connectivity index is 1.91. The highest BCUT2D eigenvalue weighted by molar-refractivity contribution is 5.99. The Morgan fingerprint density at radius 2 is 2.04 bits per heavy atom. The Bertz CT molecular complexity index is 744. The number of fused-ring (bicyclic) bond motifs is 1. The van der Waals surface area contributed by atoms with Gasteiger partial charge in [-0.15, -0.1) is 0 Å². The summed E-state index contributed by atoms with van der Waals surface area (Å²) in [5.41, 5.74) is 1.08. The highest BCUT2D eigenvalue weighted by Gasteiger charge is 2.40. The lowest BCUT2D eigenvalue weighted by molar-refractivity contribution is -0.139. The largest absolute Gasteiger partial charge is 0.481 e. The Kier molecular flexibility index (Phi) is 4.11. The highest BCUT2D eigenvalue weighted by atomic mass is 16.4. The number of carboxylic acid groups (broad SMARTS) is 1. The molecule has 0 saturated heterocycles. The summed E-state index contributed by atoms with van der Waals surface area (Å²) in [5.74, 6) is -1.03. The third-order valence-electron chi connectivity index (χ3n) is 4.67. The van der Waals surface area contributed by atoms with Crippen LogP contribution in [0.3, 0.4) is 0 Å². The van der Waals surface area contributed by atoms with E-state index in [1.807, 2.05) is 34.9 Å². The third kappa shape index (κ3) is 2.96. The summed E-state index contributed by atoms with van der Waals surface area (Å²) >= 11 is 0. The van der Waals surface area contributed by atoms with Crippen molar-refractivity contribution in [1.82, 2.24) is 9.88 Å². The van der Waals surface area contributed by atoms with Crippen LogP contribution < -0.4 is 5.32 Å². The number of carbonyl (C=O) groups is 2. The first-order chi connectivity index (χ1) is 11.0. The van der Waals surface area contributed by atoms with Gasteiger partial charge in [-0.3, -0.25) is 9.59 Å². The average molecular weight is 314 g/mol. The second kappa shape index (κ2) is 6.07. The Hall–Kier alpha value is -2.30. The van der Waals surface area contributed by atoms with Crippen LogP contribution in [0, 0.1) is 0 Å². The van der Waals surface area contributed by atoms with Crippen molar-refractivity contribution in [2.45, 2.75) is 51.1 Å². The molecule has 2 aromatic rings. The quantitative estimate of drug-likeness (QED) is 0.860. The molecule has 1 aromatic heterocycles. The fourth-order valence-electron chi connectivity index (χ4n) is 3.41. The van der Waals surface area contributed by atoms with E-state index in [-0.39, 0.29) is 12.3 Å². The van der Waals surface area contributed by atoms with E-state index < -0.39 is 11.5 Å². The molecule has 0 unspecified atom stereocenters. The number of carbonyl (C=O) groups excluding carboxylic acids is 1. The van der Waals surface area contributed by atoms with E-state index in [1.54, 1.807) is 0 Å². The minimum atomic E-state index is -0.862. The minimum Gasteiger partial charge on any atom is -0.481 e. The summed E-state index contributed by atoms with van der Waals surface area (Å²) in [6.45, 7) is 2.84. The van der Waals surface area contributed by atoms with Crippen molar-refractivity contribution in [2.24, 2.45) is 0 Å². The van der Waals surface area contributed by atoms with Gasteiger partial charge in [0.05, 0.1) is 12.0 Å².